The lowest BCUT2D eigenvalue weighted by Crippen LogP contribution is -2.21. The van der Waals surface area contributed by atoms with Gasteiger partial charge in [0.2, 0.25) is 0 Å². The minimum atomic E-state index is 0.0934. The maximum absolute atomic E-state index is 6.17. The quantitative estimate of drug-likeness (QED) is 0.700. The molecule has 0 aliphatic heterocycles. The van der Waals surface area contributed by atoms with Crippen LogP contribution in [-0.4, -0.2) is 0 Å². The summed E-state index contributed by atoms with van der Waals surface area (Å²) in [6.07, 6.45) is 5.36. The first-order chi connectivity index (χ1) is 7.62. The lowest BCUT2D eigenvalue weighted by atomic mass is 9.78. The van der Waals surface area contributed by atoms with E-state index < -0.39 is 0 Å². The second kappa shape index (κ2) is 3.00. The fourth-order valence-corrected chi connectivity index (χ4v) is 3.33. The maximum atomic E-state index is 6.17. The molecule has 2 N–H and O–H groups in total. The van der Waals surface area contributed by atoms with E-state index in [0.29, 0.717) is 5.92 Å². The van der Waals surface area contributed by atoms with Crippen molar-refractivity contribution < 1.29 is 0 Å². The molecule has 0 aromatic heterocycles. The minimum absolute atomic E-state index is 0.0934. The Labute approximate surface area is 96.7 Å². The first-order valence-corrected chi connectivity index (χ1v) is 5.88. The summed E-state index contributed by atoms with van der Waals surface area (Å²) in [6.45, 7) is 4.57. The minimum Gasteiger partial charge on any atom is -0.399 e. The number of rotatable bonds is 0. The summed E-state index contributed by atoms with van der Waals surface area (Å²) >= 11 is 0. The lowest BCUT2D eigenvalue weighted by Gasteiger charge is -2.27. The Bertz CT molecular complexity index is 506. The molecule has 16 heavy (non-hydrogen) atoms. The van der Waals surface area contributed by atoms with Crippen molar-refractivity contribution in [3.05, 3.63) is 58.8 Å². The summed E-state index contributed by atoms with van der Waals surface area (Å²) in [6, 6.07) is 8.75. The maximum Gasteiger partial charge on any atom is 0.0317 e. The standard InChI is InChI=1S/C15H17N/c1-15(2)12-8-4-3-6-10(12)11-7-5-9-13(16)14(11)15/h3-6,8-9,11H,7,16H2,1-2H3. The van der Waals surface area contributed by atoms with Crippen molar-refractivity contribution in [3.63, 3.8) is 0 Å². The van der Waals surface area contributed by atoms with Crippen molar-refractivity contribution in [3.8, 4) is 0 Å². The molecule has 0 fully saturated rings. The van der Waals surface area contributed by atoms with Crippen molar-refractivity contribution in [2.24, 2.45) is 5.73 Å². The smallest absolute Gasteiger partial charge is 0.0317 e. The van der Waals surface area contributed by atoms with E-state index in [1.807, 2.05) is 0 Å². The Balaban J connectivity index is 2.30. The van der Waals surface area contributed by atoms with Crippen LogP contribution < -0.4 is 5.73 Å². The van der Waals surface area contributed by atoms with Gasteiger partial charge in [0, 0.05) is 17.0 Å². The van der Waals surface area contributed by atoms with E-state index in [1.54, 1.807) is 0 Å². The van der Waals surface area contributed by atoms with Gasteiger partial charge in [-0.1, -0.05) is 44.2 Å². The van der Waals surface area contributed by atoms with Crippen LogP contribution in [0.25, 0.3) is 0 Å². The Morgan fingerprint density at radius 3 is 2.81 bits per heavy atom. The van der Waals surface area contributed by atoms with E-state index in [1.165, 1.54) is 16.7 Å². The molecule has 0 spiro atoms. The van der Waals surface area contributed by atoms with Crippen LogP contribution in [0.2, 0.25) is 0 Å². The fraction of sp³-hybridized carbons (Fsp3) is 0.333. The van der Waals surface area contributed by atoms with E-state index in [4.69, 9.17) is 5.73 Å². The van der Waals surface area contributed by atoms with Crippen molar-refractivity contribution in [2.45, 2.75) is 31.6 Å². The molecule has 0 heterocycles. The highest BCUT2D eigenvalue weighted by atomic mass is 14.6. The number of fused-ring (bicyclic) bond motifs is 3. The number of hydrogen-bond donors (Lipinski definition) is 1. The Morgan fingerprint density at radius 2 is 2.00 bits per heavy atom. The molecule has 1 unspecified atom stereocenters. The van der Waals surface area contributed by atoms with Gasteiger partial charge in [0.15, 0.2) is 0 Å². The van der Waals surface area contributed by atoms with Gasteiger partial charge in [-0.3, -0.25) is 0 Å². The average molecular weight is 211 g/mol. The molecule has 2 aliphatic carbocycles. The Morgan fingerprint density at radius 1 is 1.25 bits per heavy atom. The average Bonchev–Trinajstić information content (AvgIpc) is 2.50. The van der Waals surface area contributed by atoms with E-state index >= 15 is 0 Å². The summed E-state index contributed by atoms with van der Waals surface area (Å²) in [5, 5.41) is 0. The third-order valence-corrected chi connectivity index (χ3v) is 4.01. The molecule has 3 rings (SSSR count). The van der Waals surface area contributed by atoms with Gasteiger partial charge in [-0.05, 0) is 29.2 Å². The predicted molar refractivity (Wildman–Crippen MR) is 67.2 cm³/mol. The highest BCUT2D eigenvalue weighted by molar-refractivity contribution is 5.57. The first kappa shape index (κ1) is 9.71. The summed E-state index contributed by atoms with van der Waals surface area (Å²) in [5.74, 6) is 0.510. The van der Waals surface area contributed by atoms with Gasteiger partial charge < -0.3 is 5.73 Å². The highest BCUT2D eigenvalue weighted by Gasteiger charge is 2.42. The third-order valence-electron chi connectivity index (χ3n) is 4.01. The SMILES string of the molecule is CC1(C)C2=C(N)C=CCC2c2ccccc21. The largest absolute Gasteiger partial charge is 0.399 e. The van der Waals surface area contributed by atoms with Crippen LogP contribution in [0.4, 0.5) is 0 Å². The van der Waals surface area contributed by atoms with Crippen LogP contribution in [0.1, 0.15) is 37.3 Å². The molecule has 1 nitrogen and oxygen atoms in total. The number of allylic oxidation sites excluding steroid dienone is 3. The number of hydrogen-bond acceptors (Lipinski definition) is 1. The molecule has 1 aromatic carbocycles. The van der Waals surface area contributed by atoms with Gasteiger partial charge >= 0.3 is 0 Å². The molecule has 0 saturated carbocycles. The third kappa shape index (κ3) is 1.06. The topological polar surface area (TPSA) is 26.0 Å². The highest BCUT2D eigenvalue weighted by Crippen LogP contribution is 2.53. The molecule has 0 bridgehead atoms. The van der Waals surface area contributed by atoms with E-state index in [9.17, 15) is 0 Å². The molecule has 1 atom stereocenters. The lowest BCUT2D eigenvalue weighted by molar-refractivity contribution is 0.603. The molecule has 2 aliphatic rings. The summed E-state index contributed by atoms with van der Waals surface area (Å²) < 4.78 is 0. The normalized spacial score (nSPS) is 25.5. The molecular weight excluding hydrogens is 194 g/mol. The molecule has 0 saturated heterocycles. The molecule has 1 heteroatoms. The van der Waals surface area contributed by atoms with Crippen molar-refractivity contribution >= 4 is 0 Å². The Kier molecular flexibility index (Phi) is 1.82. The summed E-state index contributed by atoms with van der Waals surface area (Å²) in [4.78, 5) is 0. The fourth-order valence-electron chi connectivity index (χ4n) is 3.33. The monoisotopic (exact) mass is 211 g/mol. The Hall–Kier alpha value is -1.50. The van der Waals surface area contributed by atoms with Gasteiger partial charge in [-0.15, -0.1) is 0 Å². The van der Waals surface area contributed by atoms with Crippen molar-refractivity contribution in [1.82, 2.24) is 0 Å². The van der Waals surface area contributed by atoms with Gasteiger partial charge in [0.05, 0.1) is 0 Å². The second-order valence-electron chi connectivity index (χ2n) is 5.27. The van der Waals surface area contributed by atoms with Gasteiger partial charge in [-0.2, -0.15) is 0 Å². The van der Waals surface area contributed by atoms with E-state index in [0.717, 1.165) is 12.1 Å². The molecule has 0 radical (unpaired) electrons. The van der Waals surface area contributed by atoms with E-state index in [-0.39, 0.29) is 5.41 Å². The molecule has 82 valence electrons. The molecule has 1 aromatic rings. The van der Waals surface area contributed by atoms with Crippen LogP contribution in [-0.2, 0) is 5.41 Å². The van der Waals surface area contributed by atoms with Crippen LogP contribution in [0.3, 0.4) is 0 Å². The second-order valence-corrected chi connectivity index (χ2v) is 5.27. The zero-order chi connectivity index (χ0) is 11.3. The van der Waals surface area contributed by atoms with Crippen LogP contribution in [0.15, 0.2) is 47.7 Å². The number of nitrogens with two attached hydrogens (primary N) is 1. The van der Waals surface area contributed by atoms with Gasteiger partial charge in [-0.25, -0.2) is 0 Å². The zero-order valence-electron chi connectivity index (χ0n) is 9.83. The summed E-state index contributed by atoms with van der Waals surface area (Å²) in [5.41, 5.74) is 11.6. The van der Waals surface area contributed by atoms with E-state index in [2.05, 4.69) is 50.3 Å². The first-order valence-electron chi connectivity index (χ1n) is 5.88. The van der Waals surface area contributed by atoms with Crippen LogP contribution >= 0.6 is 0 Å². The number of benzene rings is 1. The van der Waals surface area contributed by atoms with Crippen LogP contribution in [0, 0.1) is 0 Å². The summed E-state index contributed by atoms with van der Waals surface area (Å²) in [7, 11) is 0. The molecule has 0 amide bonds. The van der Waals surface area contributed by atoms with Crippen LogP contribution in [0.5, 0.6) is 0 Å². The van der Waals surface area contributed by atoms with Gasteiger partial charge in [0.1, 0.15) is 0 Å². The van der Waals surface area contributed by atoms with Gasteiger partial charge in [0.25, 0.3) is 0 Å². The van der Waals surface area contributed by atoms with Crippen molar-refractivity contribution in [2.75, 3.05) is 0 Å². The predicted octanol–water partition coefficient (Wildman–Crippen LogP) is 3.23. The van der Waals surface area contributed by atoms with Crippen molar-refractivity contribution in [1.29, 1.82) is 0 Å². The molecular formula is C15H17N. The zero-order valence-corrected chi connectivity index (χ0v) is 9.83.